The molecule has 0 fully saturated rings. The van der Waals surface area contributed by atoms with Crippen molar-refractivity contribution in [1.29, 1.82) is 0 Å². The van der Waals surface area contributed by atoms with Gasteiger partial charge in [-0.15, -0.1) is 0 Å². The zero-order chi connectivity index (χ0) is 15.9. The van der Waals surface area contributed by atoms with Gasteiger partial charge in [-0.2, -0.15) is 0 Å². The summed E-state index contributed by atoms with van der Waals surface area (Å²) in [5, 5.41) is 0. The van der Waals surface area contributed by atoms with Gasteiger partial charge in [-0.3, -0.25) is 0 Å². The van der Waals surface area contributed by atoms with Crippen LogP contribution in [0.5, 0.6) is 11.5 Å². The molecule has 22 heavy (non-hydrogen) atoms. The van der Waals surface area contributed by atoms with Gasteiger partial charge < -0.3 is 14.2 Å². The molecule has 0 radical (unpaired) electrons. The Morgan fingerprint density at radius 2 is 1.64 bits per heavy atom. The van der Waals surface area contributed by atoms with E-state index in [4.69, 9.17) is 14.2 Å². The van der Waals surface area contributed by atoms with E-state index in [1.165, 1.54) is 7.11 Å². The zero-order valence-corrected chi connectivity index (χ0v) is 12.4. The number of rotatable bonds is 5. The molecule has 0 aromatic heterocycles. The fourth-order valence-corrected chi connectivity index (χ4v) is 1.83. The predicted molar refractivity (Wildman–Crippen MR) is 80.3 cm³/mol. The maximum atomic E-state index is 11.7. The van der Waals surface area contributed by atoms with Gasteiger partial charge in [-0.05, 0) is 43.3 Å². The van der Waals surface area contributed by atoms with Gasteiger partial charge in [-0.1, -0.05) is 12.1 Å². The summed E-state index contributed by atoms with van der Waals surface area (Å²) in [6.45, 7) is 2.07. The molecular weight excluding hydrogens is 284 g/mol. The minimum Gasteiger partial charge on any atom is -0.465 e. The molecule has 0 atom stereocenters. The van der Waals surface area contributed by atoms with Crippen LogP contribution in [0.15, 0.2) is 48.5 Å². The first kappa shape index (κ1) is 15.6. The molecule has 0 N–H and O–H groups in total. The van der Waals surface area contributed by atoms with Gasteiger partial charge in [0, 0.05) is 0 Å². The van der Waals surface area contributed by atoms with Crippen LogP contribution in [0.2, 0.25) is 0 Å². The molecule has 5 nitrogen and oxygen atoms in total. The highest BCUT2D eigenvalue weighted by molar-refractivity contribution is 5.92. The van der Waals surface area contributed by atoms with Crippen LogP contribution in [0.1, 0.15) is 27.6 Å². The average molecular weight is 300 g/mol. The van der Waals surface area contributed by atoms with Crippen LogP contribution >= 0.6 is 0 Å². The molecule has 2 rings (SSSR count). The Morgan fingerprint density at radius 1 is 0.955 bits per heavy atom. The molecule has 0 aliphatic rings. The first-order chi connectivity index (χ1) is 10.7. The van der Waals surface area contributed by atoms with Crippen LogP contribution in [-0.4, -0.2) is 25.7 Å². The van der Waals surface area contributed by atoms with Crippen LogP contribution in [0.4, 0.5) is 0 Å². The average Bonchev–Trinajstić information content (AvgIpc) is 2.55. The second kappa shape index (κ2) is 7.26. The van der Waals surface area contributed by atoms with Crippen molar-refractivity contribution in [3.63, 3.8) is 0 Å². The van der Waals surface area contributed by atoms with Crippen molar-refractivity contribution in [3.05, 3.63) is 59.7 Å². The third kappa shape index (κ3) is 3.63. The van der Waals surface area contributed by atoms with Crippen LogP contribution in [0.3, 0.4) is 0 Å². The van der Waals surface area contributed by atoms with Gasteiger partial charge in [0.15, 0.2) is 0 Å². The SMILES string of the molecule is CCOC(=O)c1ccc(Oc2ccccc2C(=O)OC)cc1. The highest BCUT2D eigenvalue weighted by Crippen LogP contribution is 2.26. The van der Waals surface area contributed by atoms with E-state index in [1.54, 1.807) is 55.5 Å². The number of methoxy groups -OCH3 is 1. The molecule has 114 valence electrons. The van der Waals surface area contributed by atoms with Gasteiger partial charge in [0.2, 0.25) is 0 Å². The van der Waals surface area contributed by atoms with Crippen LogP contribution in [0, 0.1) is 0 Å². The van der Waals surface area contributed by atoms with E-state index in [1.807, 2.05) is 0 Å². The minimum absolute atomic E-state index is 0.323. The monoisotopic (exact) mass is 300 g/mol. The molecule has 0 saturated carbocycles. The van der Waals surface area contributed by atoms with E-state index in [-0.39, 0.29) is 5.97 Å². The summed E-state index contributed by atoms with van der Waals surface area (Å²) in [6.07, 6.45) is 0. The Labute approximate surface area is 128 Å². The quantitative estimate of drug-likeness (QED) is 0.791. The minimum atomic E-state index is -0.473. The van der Waals surface area contributed by atoms with Gasteiger partial charge in [0.05, 0.1) is 19.3 Å². The van der Waals surface area contributed by atoms with Gasteiger partial charge in [-0.25, -0.2) is 9.59 Å². The first-order valence-corrected chi connectivity index (χ1v) is 6.78. The number of hydrogen-bond acceptors (Lipinski definition) is 5. The molecule has 0 unspecified atom stereocenters. The van der Waals surface area contributed by atoms with Crippen molar-refractivity contribution in [3.8, 4) is 11.5 Å². The maximum Gasteiger partial charge on any atom is 0.341 e. The third-order valence-corrected chi connectivity index (χ3v) is 2.89. The molecule has 0 heterocycles. The molecule has 2 aromatic carbocycles. The Kier molecular flexibility index (Phi) is 5.14. The summed E-state index contributed by atoms with van der Waals surface area (Å²) in [4.78, 5) is 23.2. The summed E-state index contributed by atoms with van der Waals surface area (Å²) >= 11 is 0. The molecular formula is C17H16O5. The normalized spacial score (nSPS) is 9.91. The summed E-state index contributed by atoms with van der Waals surface area (Å²) < 4.78 is 15.3. The van der Waals surface area contributed by atoms with Gasteiger partial charge in [0.1, 0.15) is 17.1 Å². The number of carbonyl (C=O) groups excluding carboxylic acids is 2. The predicted octanol–water partition coefficient (Wildman–Crippen LogP) is 3.44. The molecule has 0 amide bonds. The van der Waals surface area contributed by atoms with Crippen molar-refractivity contribution in [2.45, 2.75) is 6.92 Å². The van der Waals surface area contributed by atoms with E-state index >= 15 is 0 Å². The lowest BCUT2D eigenvalue weighted by Crippen LogP contribution is -2.05. The smallest absolute Gasteiger partial charge is 0.341 e. The largest absolute Gasteiger partial charge is 0.465 e. The number of hydrogen-bond donors (Lipinski definition) is 0. The summed E-state index contributed by atoms with van der Waals surface area (Å²) in [5.74, 6) is 0.0328. The lowest BCUT2D eigenvalue weighted by molar-refractivity contribution is 0.0525. The van der Waals surface area contributed by atoms with Crippen molar-refractivity contribution >= 4 is 11.9 Å². The Bertz CT molecular complexity index is 661. The van der Waals surface area contributed by atoms with Crippen LogP contribution < -0.4 is 4.74 Å². The number of ether oxygens (including phenoxy) is 3. The first-order valence-electron chi connectivity index (χ1n) is 6.78. The number of benzene rings is 2. The van der Waals surface area contributed by atoms with Crippen LogP contribution in [0.25, 0.3) is 0 Å². The molecule has 0 aliphatic heterocycles. The van der Waals surface area contributed by atoms with E-state index < -0.39 is 5.97 Å². The topological polar surface area (TPSA) is 61.8 Å². The van der Waals surface area contributed by atoms with Crippen molar-refractivity contribution in [2.24, 2.45) is 0 Å². The fourth-order valence-electron chi connectivity index (χ4n) is 1.83. The molecule has 0 saturated heterocycles. The maximum absolute atomic E-state index is 11.7. The van der Waals surface area contributed by atoms with Gasteiger partial charge >= 0.3 is 11.9 Å². The van der Waals surface area contributed by atoms with Crippen molar-refractivity contribution in [2.75, 3.05) is 13.7 Å². The van der Waals surface area contributed by atoms with Gasteiger partial charge in [0.25, 0.3) is 0 Å². The van der Waals surface area contributed by atoms with E-state index in [0.29, 0.717) is 29.2 Å². The lowest BCUT2D eigenvalue weighted by Gasteiger charge is -2.10. The highest BCUT2D eigenvalue weighted by Gasteiger charge is 2.13. The molecule has 0 spiro atoms. The Balaban J connectivity index is 2.18. The second-order valence-electron chi connectivity index (χ2n) is 4.33. The zero-order valence-electron chi connectivity index (χ0n) is 12.4. The molecule has 0 bridgehead atoms. The number of carbonyl (C=O) groups is 2. The standard InChI is InChI=1S/C17H16O5/c1-3-21-16(18)12-8-10-13(11-9-12)22-15-7-5-4-6-14(15)17(19)20-2/h4-11H,3H2,1-2H3. The van der Waals surface area contributed by atoms with E-state index in [9.17, 15) is 9.59 Å². The van der Waals surface area contributed by atoms with E-state index in [0.717, 1.165) is 0 Å². The Hall–Kier alpha value is -2.82. The number of esters is 2. The third-order valence-electron chi connectivity index (χ3n) is 2.89. The van der Waals surface area contributed by atoms with Crippen LogP contribution in [-0.2, 0) is 9.47 Å². The summed E-state index contributed by atoms with van der Waals surface area (Å²) in [5.41, 5.74) is 0.773. The van der Waals surface area contributed by atoms with E-state index in [2.05, 4.69) is 0 Å². The molecule has 2 aromatic rings. The second-order valence-corrected chi connectivity index (χ2v) is 4.33. The molecule has 5 heteroatoms. The lowest BCUT2D eigenvalue weighted by atomic mass is 10.2. The Morgan fingerprint density at radius 3 is 2.27 bits per heavy atom. The van der Waals surface area contributed by atoms with Crippen molar-refractivity contribution in [1.82, 2.24) is 0 Å². The van der Waals surface area contributed by atoms with Crippen molar-refractivity contribution < 1.29 is 23.8 Å². The summed E-state index contributed by atoms with van der Waals surface area (Å²) in [7, 11) is 1.31. The molecule has 0 aliphatic carbocycles. The highest BCUT2D eigenvalue weighted by atomic mass is 16.5. The summed E-state index contributed by atoms with van der Waals surface area (Å²) in [6, 6.07) is 13.3. The fraction of sp³-hybridized carbons (Fsp3) is 0.176. The number of para-hydroxylation sites is 1.